The Morgan fingerprint density at radius 3 is 1.51 bits per heavy atom. The SMILES string of the molecule is Cc1cc(S(=O)(=O)O)cc2[nH]c(-c3ccc(-c4nc5c(S(=O)(=O)O)cc(S(=O)(=O)O)cc5[nH]4)cc3)nc12. The molecule has 13 nitrogen and oxygen atoms in total. The second-order valence-corrected chi connectivity index (χ2v) is 12.4. The van der Waals surface area contributed by atoms with Crippen LogP contribution in [0.5, 0.6) is 0 Å². The minimum atomic E-state index is -4.88. The molecule has 5 rings (SSSR count). The number of hydrogen-bond acceptors (Lipinski definition) is 8. The van der Waals surface area contributed by atoms with Gasteiger partial charge in [0.2, 0.25) is 0 Å². The van der Waals surface area contributed by atoms with E-state index in [2.05, 4.69) is 19.9 Å². The normalized spacial score (nSPS) is 13.0. The van der Waals surface area contributed by atoms with Gasteiger partial charge in [0.15, 0.2) is 0 Å². The van der Waals surface area contributed by atoms with Gasteiger partial charge in [-0.2, -0.15) is 25.3 Å². The van der Waals surface area contributed by atoms with Crippen molar-refractivity contribution >= 4 is 52.4 Å². The minimum Gasteiger partial charge on any atom is -0.338 e. The zero-order valence-corrected chi connectivity index (χ0v) is 21.0. The van der Waals surface area contributed by atoms with Crippen molar-refractivity contribution < 1.29 is 38.9 Å². The smallest absolute Gasteiger partial charge is 0.296 e. The molecule has 0 radical (unpaired) electrons. The second-order valence-electron chi connectivity index (χ2n) is 8.13. The number of aromatic amines is 2. The van der Waals surface area contributed by atoms with Crippen LogP contribution in [0, 0.1) is 6.92 Å². The summed E-state index contributed by atoms with van der Waals surface area (Å²) in [6.45, 7) is 1.65. The summed E-state index contributed by atoms with van der Waals surface area (Å²) in [4.78, 5) is 12.6. The van der Waals surface area contributed by atoms with Crippen LogP contribution in [0.1, 0.15) is 5.56 Å². The van der Waals surface area contributed by atoms with E-state index in [1.54, 1.807) is 31.2 Å². The van der Waals surface area contributed by atoms with Crippen LogP contribution < -0.4 is 0 Å². The van der Waals surface area contributed by atoms with Gasteiger partial charge in [-0.3, -0.25) is 13.7 Å². The molecule has 16 heteroatoms. The number of fused-ring (bicyclic) bond motifs is 2. The van der Waals surface area contributed by atoms with Gasteiger partial charge in [0.05, 0.1) is 26.3 Å². The van der Waals surface area contributed by atoms with Crippen LogP contribution in [0.15, 0.2) is 63.2 Å². The Hall–Kier alpha value is -3.67. The van der Waals surface area contributed by atoms with Gasteiger partial charge in [0.1, 0.15) is 22.1 Å². The van der Waals surface area contributed by atoms with Gasteiger partial charge >= 0.3 is 0 Å². The van der Waals surface area contributed by atoms with E-state index >= 15 is 0 Å². The highest BCUT2D eigenvalue weighted by Crippen LogP contribution is 2.30. The summed E-state index contributed by atoms with van der Waals surface area (Å²) < 4.78 is 98.0. The van der Waals surface area contributed by atoms with Crippen LogP contribution in [-0.4, -0.2) is 58.8 Å². The molecule has 0 bridgehead atoms. The molecule has 0 aliphatic heterocycles. The Kier molecular flexibility index (Phi) is 5.52. The molecule has 0 amide bonds. The Balaban J connectivity index is 1.57. The molecular weight excluding hydrogens is 548 g/mol. The zero-order valence-electron chi connectivity index (χ0n) is 18.5. The first-order valence-corrected chi connectivity index (χ1v) is 14.5. The fraction of sp³-hybridized carbons (Fsp3) is 0.0476. The molecule has 0 fully saturated rings. The van der Waals surface area contributed by atoms with Crippen LogP contribution in [-0.2, 0) is 30.4 Å². The van der Waals surface area contributed by atoms with Crippen molar-refractivity contribution in [3.8, 4) is 22.8 Å². The number of hydrogen-bond donors (Lipinski definition) is 5. The maximum atomic E-state index is 11.8. The monoisotopic (exact) mass is 564 g/mol. The predicted molar refractivity (Wildman–Crippen MR) is 131 cm³/mol. The molecule has 0 saturated heterocycles. The van der Waals surface area contributed by atoms with Crippen LogP contribution in [0.25, 0.3) is 44.8 Å². The summed E-state index contributed by atoms with van der Waals surface area (Å²) in [5.41, 5.74) is 2.24. The molecule has 3 aromatic carbocycles. The highest BCUT2D eigenvalue weighted by molar-refractivity contribution is 7.87. The van der Waals surface area contributed by atoms with E-state index in [-0.39, 0.29) is 21.8 Å². The summed E-state index contributed by atoms with van der Waals surface area (Å²) in [6.07, 6.45) is 0. The Bertz CT molecular complexity index is 2060. The van der Waals surface area contributed by atoms with Crippen LogP contribution >= 0.6 is 0 Å². The van der Waals surface area contributed by atoms with Crippen molar-refractivity contribution in [2.45, 2.75) is 21.6 Å². The number of rotatable bonds is 5. The molecule has 0 aliphatic rings. The Morgan fingerprint density at radius 1 is 0.622 bits per heavy atom. The lowest BCUT2D eigenvalue weighted by molar-refractivity contribution is 0.479. The molecule has 5 aromatic rings. The fourth-order valence-corrected chi connectivity index (χ4v) is 5.75. The maximum absolute atomic E-state index is 11.8. The third-order valence-electron chi connectivity index (χ3n) is 5.58. The van der Waals surface area contributed by atoms with E-state index in [0.29, 0.717) is 39.6 Å². The van der Waals surface area contributed by atoms with Gasteiger partial charge in [-0.1, -0.05) is 24.3 Å². The molecule has 5 N–H and O–H groups in total. The molecule has 192 valence electrons. The average Bonchev–Trinajstić information content (AvgIpc) is 3.41. The first-order chi connectivity index (χ1) is 17.1. The van der Waals surface area contributed by atoms with E-state index in [4.69, 9.17) is 0 Å². The molecule has 2 heterocycles. The Labute approximate surface area is 209 Å². The van der Waals surface area contributed by atoms with E-state index in [0.717, 1.165) is 6.07 Å². The number of nitrogens with zero attached hydrogens (tertiary/aromatic N) is 2. The van der Waals surface area contributed by atoms with Crippen molar-refractivity contribution in [1.29, 1.82) is 0 Å². The van der Waals surface area contributed by atoms with Gasteiger partial charge in [-0.15, -0.1) is 0 Å². The highest BCUT2D eigenvalue weighted by atomic mass is 32.2. The number of H-pyrrole nitrogens is 2. The van der Waals surface area contributed by atoms with E-state index in [1.807, 2.05) is 0 Å². The van der Waals surface area contributed by atoms with Gasteiger partial charge in [-0.25, -0.2) is 9.97 Å². The minimum absolute atomic E-state index is 0.0516. The molecule has 0 unspecified atom stereocenters. The number of benzene rings is 3. The summed E-state index contributed by atoms with van der Waals surface area (Å²) in [6, 6.07) is 10.7. The summed E-state index contributed by atoms with van der Waals surface area (Å²) in [5.74, 6) is 0.561. The number of imidazole rings is 2. The average molecular weight is 565 g/mol. The Morgan fingerprint density at radius 2 is 1.05 bits per heavy atom. The van der Waals surface area contributed by atoms with Crippen molar-refractivity contribution in [2.24, 2.45) is 0 Å². The molecule has 0 saturated carbocycles. The summed E-state index contributed by atoms with van der Waals surface area (Å²) >= 11 is 0. The van der Waals surface area contributed by atoms with E-state index < -0.39 is 40.1 Å². The van der Waals surface area contributed by atoms with Gasteiger partial charge < -0.3 is 9.97 Å². The summed E-state index contributed by atoms with van der Waals surface area (Å²) in [5, 5.41) is 0. The van der Waals surface area contributed by atoms with Crippen LogP contribution in [0.3, 0.4) is 0 Å². The van der Waals surface area contributed by atoms with E-state index in [1.165, 1.54) is 12.1 Å². The number of aromatic nitrogens is 4. The third-order valence-corrected chi connectivity index (χ3v) is 8.11. The molecule has 37 heavy (non-hydrogen) atoms. The van der Waals surface area contributed by atoms with Crippen molar-refractivity contribution in [3.05, 3.63) is 54.1 Å². The predicted octanol–water partition coefficient (Wildman–Crippen LogP) is 2.82. The van der Waals surface area contributed by atoms with Gasteiger partial charge in [0, 0.05) is 11.1 Å². The number of aryl methyl sites for hydroxylation is 1. The lowest BCUT2D eigenvalue weighted by atomic mass is 10.1. The van der Waals surface area contributed by atoms with Crippen molar-refractivity contribution in [2.75, 3.05) is 0 Å². The first kappa shape index (κ1) is 25.0. The highest BCUT2D eigenvalue weighted by Gasteiger charge is 2.23. The molecule has 0 spiro atoms. The van der Waals surface area contributed by atoms with E-state index in [9.17, 15) is 38.9 Å². The molecule has 2 aromatic heterocycles. The van der Waals surface area contributed by atoms with Crippen LogP contribution in [0.2, 0.25) is 0 Å². The molecular formula is C21H16N4O9S3. The lowest BCUT2D eigenvalue weighted by Crippen LogP contribution is -2.04. The quantitative estimate of drug-likeness (QED) is 0.195. The van der Waals surface area contributed by atoms with Crippen molar-refractivity contribution in [1.82, 2.24) is 19.9 Å². The van der Waals surface area contributed by atoms with Gasteiger partial charge in [-0.05, 0) is 36.8 Å². The maximum Gasteiger partial charge on any atom is 0.296 e. The standard InChI is InChI=1S/C21H16N4O9S3/c1-10-6-13(35(26,27)28)7-15-18(10)24-20(22-15)11-2-4-12(5-3-11)21-23-16-8-14(36(29,30)31)9-17(19(16)25-21)37(32,33)34/h2-9H,1H3,(H,22,24)(H,23,25)(H,26,27,28)(H,29,30,31)(H,32,33,34). The molecule has 0 atom stereocenters. The third kappa shape index (κ3) is 4.61. The topological polar surface area (TPSA) is 220 Å². The lowest BCUT2D eigenvalue weighted by Gasteiger charge is -2.02. The van der Waals surface area contributed by atoms with Crippen molar-refractivity contribution in [3.63, 3.8) is 0 Å². The van der Waals surface area contributed by atoms with Crippen LogP contribution in [0.4, 0.5) is 0 Å². The largest absolute Gasteiger partial charge is 0.338 e. The zero-order chi connectivity index (χ0) is 26.9. The fourth-order valence-electron chi connectivity index (χ4n) is 3.87. The second kappa shape index (κ2) is 8.17. The first-order valence-electron chi connectivity index (χ1n) is 10.2. The summed E-state index contributed by atoms with van der Waals surface area (Å²) in [7, 11) is -14.1. The molecule has 0 aliphatic carbocycles. The number of nitrogens with one attached hydrogen (secondary N) is 2. The van der Waals surface area contributed by atoms with Gasteiger partial charge in [0.25, 0.3) is 30.4 Å².